The fourth-order valence-corrected chi connectivity index (χ4v) is 7.49. The summed E-state index contributed by atoms with van der Waals surface area (Å²) >= 11 is 0. The van der Waals surface area contributed by atoms with Crippen LogP contribution in [0.4, 0.5) is 0 Å². The third-order valence-corrected chi connectivity index (χ3v) is 9.85. The molecule has 11 nitrogen and oxygen atoms in total. The number of carbonyl (C=O) groups is 2. The Morgan fingerprint density at radius 2 is 2.00 bits per heavy atom. The van der Waals surface area contributed by atoms with Gasteiger partial charge in [0.25, 0.3) is 0 Å². The molecule has 4 fully saturated rings. The second kappa shape index (κ2) is 12.1. The lowest BCUT2D eigenvalue weighted by molar-refractivity contribution is -0.199. The molecule has 1 aromatic heterocycles. The van der Waals surface area contributed by atoms with Crippen LogP contribution < -0.4 is 10.1 Å². The number of aryl methyl sites for hydroxylation is 1. The second-order valence-corrected chi connectivity index (χ2v) is 14.3. The Balaban J connectivity index is 1.43. The molecule has 0 unspecified atom stereocenters. The molecule has 0 radical (unpaired) electrons. The van der Waals surface area contributed by atoms with E-state index in [2.05, 4.69) is 36.4 Å². The molecule has 0 spiro atoms. The molecule has 44 heavy (non-hydrogen) atoms. The number of benzene rings is 1. The van der Waals surface area contributed by atoms with Crippen LogP contribution in [0.5, 0.6) is 5.75 Å². The first-order chi connectivity index (χ1) is 20.7. The van der Waals surface area contributed by atoms with Gasteiger partial charge >= 0.3 is 13.1 Å². The zero-order valence-corrected chi connectivity index (χ0v) is 27.3. The van der Waals surface area contributed by atoms with E-state index in [4.69, 9.17) is 18.8 Å². The number of hydrogen-bond donors (Lipinski definition) is 2. The standard InChI is InChI=1S/C32H47BN4O7/c1-9-11-22-23(18-38)37(36-35-22)17-27(39)34-26(33-43-25-16-20-15-24(31(20,5)6)32(25,7)44-33)14-19-12-10-13-21(28(19)41-8)29(40)42-30(2,3)4/h10,12-13,20,24-26,38H,9,11,14-18H2,1-8H3,(H,34,39)/t20-,24-,25+,26-,32-/m0/s1. The van der Waals surface area contributed by atoms with Crippen LogP contribution in [-0.2, 0) is 44.8 Å². The maximum absolute atomic E-state index is 13.6. The maximum atomic E-state index is 13.6. The quantitative estimate of drug-likeness (QED) is 0.289. The summed E-state index contributed by atoms with van der Waals surface area (Å²) in [5.41, 5.74) is 1.24. The molecular weight excluding hydrogens is 563 g/mol. The van der Waals surface area contributed by atoms with Crippen molar-refractivity contribution in [2.75, 3.05) is 7.11 Å². The fourth-order valence-electron chi connectivity index (χ4n) is 7.49. The lowest BCUT2D eigenvalue weighted by atomic mass is 9.43. The number of hydrogen-bond acceptors (Lipinski definition) is 9. The van der Waals surface area contributed by atoms with Gasteiger partial charge in [-0.15, -0.1) is 5.10 Å². The van der Waals surface area contributed by atoms with Gasteiger partial charge in [0.1, 0.15) is 23.5 Å². The van der Waals surface area contributed by atoms with Crippen molar-refractivity contribution in [2.24, 2.45) is 17.3 Å². The number of para-hydroxylation sites is 1. The van der Waals surface area contributed by atoms with Crippen molar-refractivity contribution in [1.29, 1.82) is 0 Å². The summed E-state index contributed by atoms with van der Waals surface area (Å²) in [4.78, 5) is 26.6. The number of ether oxygens (including phenoxy) is 2. The van der Waals surface area contributed by atoms with E-state index in [1.807, 2.05) is 33.8 Å². The van der Waals surface area contributed by atoms with Crippen LogP contribution in [0.15, 0.2) is 18.2 Å². The molecule has 3 aliphatic carbocycles. The first-order valence-corrected chi connectivity index (χ1v) is 15.8. The monoisotopic (exact) mass is 610 g/mol. The Morgan fingerprint density at radius 3 is 2.64 bits per heavy atom. The lowest BCUT2D eigenvalue weighted by Crippen LogP contribution is -2.65. The minimum absolute atomic E-state index is 0.0772. The average Bonchev–Trinajstić information content (AvgIpc) is 3.50. The summed E-state index contributed by atoms with van der Waals surface area (Å²) in [5, 5.41) is 21.4. The highest BCUT2D eigenvalue weighted by molar-refractivity contribution is 6.48. The minimum Gasteiger partial charge on any atom is -0.496 e. The van der Waals surface area contributed by atoms with E-state index in [9.17, 15) is 14.7 Å². The van der Waals surface area contributed by atoms with Crippen molar-refractivity contribution in [3.05, 3.63) is 40.7 Å². The molecule has 240 valence electrons. The Hall–Kier alpha value is -2.96. The molecule has 2 aromatic rings. The third kappa shape index (κ3) is 6.00. The first kappa shape index (κ1) is 32.4. The number of rotatable bonds is 11. The van der Waals surface area contributed by atoms with Crippen molar-refractivity contribution in [3.63, 3.8) is 0 Å². The number of nitrogens with zero attached hydrogens (tertiary/aromatic N) is 3. The molecule has 2 N–H and O–H groups in total. The Bertz CT molecular complexity index is 1390. The van der Waals surface area contributed by atoms with Gasteiger partial charge in [-0.05, 0) is 82.3 Å². The molecular formula is C32H47BN4O7. The van der Waals surface area contributed by atoms with Crippen LogP contribution in [0.2, 0.25) is 0 Å². The van der Waals surface area contributed by atoms with Gasteiger partial charge in [-0.1, -0.05) is 44.5 Å². The normalized spacial score (nSPS) is 26.0. The molecule has 1 saturated heterocycles. The highest BCUT2D eigenvalue weighted by Gasteiger charge is 2.68. The van der Waals surface area contributed by atoms with Crippen molar-refractivity contribution in [1.82, 2.24) is 20.3 Å². The number of carbonyl (C=O) groups excluding carboxylic acids is 2. The topological polar surface area (TPSA) is 134 Å². The molecule has 2 heterocycles. The minimum atomic E-state index is -0.720. The van der Waals surface area contributed by atoms with Gasteiger partial charge in [0.2, 0.25) is 5.91 Å². The second-order valence-electron chi connectivity index (χ2n) is 14.3. The number of methoxy groups -OCH3 is 1. The van der Waals surface area contributed by atoms with Crippen LogP contribution >= 0.6 is 0 Å². The summed E-state index contributed by atoms with van der Waals surface area (Å²) in [6.45, 7) is 13.8. The van der Waals surface area contributed by atoms with Gasteiger partial charge in [-0.25, -0.2) is 9.48 Å². The summed E-state index contributed by atoms with van der Waals surface area (Å²) in [7, 11) is 0.797. The van der Waals surface area contributed by atoms with E-state index in [-0.39, 0.29) is 37.0 Å². The predicted octanol–water partition coefficient (Wildman–Crippen LogP) is 3.68. The number of amides is 1. The SMILES string of the molecule is CCCc1nnn(CC(=O)N[C@@H](Cc2cccc(C(=O)OC(C)(C)C)c2OC)B2O[C@@H]3C[C@@H]4C[C@@H](C4(C)C)[C@]3(C)O2)c1CO. The largest absolute Gasteiger partial charge is 0.496 e. The van der Waals surface area contributed by atoms with Crippen molar-refractivity contribution < 1.29 is 33.5 Å². The Labute approximate surface area is 260 Å². The zero-order chi connectivity index (χ0) is 32.0. The molecule has 3 saturated carbocycles. The Kier molecular flexibility index (Phi) is 8.92. The number of nitrogens with one attached hydrogen (secondary N) is 1. The highest BCUT2D eigenvalue weighted by atomic mass is 16.7. The van der Waals surface area contributed by atoms with Crippen LogP contribution in [-0.4, -0.2) is 69.5 Å². The van der Waals surface area contributed by atoms with E-state index in [1.165, 1.54) is 11.8 Å². The molecule has 6 rings (SSSR count). The van der Waals surface area contributed by atoms with Gasteiger partial charge in [0, 0.05) is 0 Å². The molecule has 2 bridgehead atoms. The van der Waals surface area contributed by atoms with E-state index in [0.29, 0.717) is 46.5 Å². The van der Waals surface area contributed by atoms with Gasteiger partial charge in [-0.2, -0.15) is 0 Å². The Morgan fingerprint density at radius 1 is 1.25 bits per heavy atom. The van der Waals surface area contributed by atoms with E-state index < -0.39 is 30.2 Å². The van der Waals surface area contributed by atoms with Crippen molar-refractivity contribution >= 4 is 19.0 Å². The molecule has 1 amide bonds. The molecule has 4 aliphatic rings. The summed E-state index contributed by atoms with van der Waals surface area (Å²) in [6, 6.07) is 5.32. The van der Waals surface area contributed by atoms with Crippen molar-refractivity contribution in [2.45, 2.75) is 117 Å². The maximum Gasteiger partial charge on any atom is 0.482 e. The van der Waals surface area contributed by atoms with Crippen molar-refractivity contribution in [3.8, 4) is 5.75 Å². The number of aliphatic hydroxyl groups excluding tert-OH is 1. The van der Waals surface area contributed by atoms with E-state index in [1.54, 1.807) is 12.1 Å². The van der Waals surface area contributed by atoms with E-state index >= 15 is 0 Å². The fraction of sp³-hybridized carbons (Fsp3) is 0.688. The summed E-state index contributed by atoms with van der Waals surface area (Å²) in [6.07, 6.45) is 3.73. The first-order valence-electron chi connectivity index (χ1n) is 15.8. The third-order valence-electron chi connectivity index (χ3n) is 9.85. The lowest BCUT2D eigenvalue weighted by Gasteiger charge is -2.64. The number of aromatic nitrogens is 3. The van der Waals surface area contributed by atoms with Crippen LogP contribution in [0.25, 0.3) is 0 Å². The smallest absolute Gasteiger partial charge is 0.482 e. The number of aliphatic hydroxyl groups is 1. The molecule has 5 atom stereocenters. The van der Waals surface area contributed by atoms with Gasteiger partial charge in [0.15, 0.2) is 0 Å². The van der Waals surface area contributed by atoms with E-state index in [0.717, 1.165) is 19.3 Å². The van der Waals surface area contributed by atoms with Crippen LogP contribution in [0.1, 0.15) is 95.0 Å². The predicted molar refractivity (Wildman–Crippen MR) is 164 cm³/mol. The van der Waals surface area contributed by atoms with Gasteiger partial charge < -0.3 is 29.2 Å². The highest BCUT2D eigenvalue weighted by Crippen LogP contribution is 2.65. The zero-order valence-electron chi connectivity index (χ0n) is 27.3. The van der Waals surface area contributed by atoms with Gasteiger partial charge in [-0.3, -0.25) is 4.79 Å². The van der Waals surface area contributed by atoms with Crippen LogP contribution in [0.3, 0.4) is 0 Å². The summed E-state index contributed by atoms with van der Waals surface area (Å²) < 4.78 is 26.2. The van der Waals surface area contributed by atoms with Gasteiger partial charge in [0.05, 0.1) is 42.8 Å². The average molecular weight is 611 g/mol. The molecule has 1 aromatic carbocycles. The number of esters is 1. The molecule has 1 aliphatic heterocycles. The molecule has 12 heteroatoms. The summed E-state index contributed by atoms with van der Waals surface area (Å²) in [5.74, 6) is -0.108. The van der Waals surface area contributed by atoms with Crippen LogP contribution in [0, 0.1) is 17.3 Å².